The summed E-state index contributed by atoms with van der Waals surface area (Å²) in [6, 6.07) is 3.97. The summed E-state index contributed by atoms with van der Waals surface area (Å²) >= 11 is 0. The molecule has 0 aromatic carbocycles. The quantitative estimate of drug-likeness (QED) is 0.863. The molecule has 100 valence electrons. The summed E-state index contributed by atoms with van der Waals surface area (Å²) in [5.74, 6) is 0.411. The minimum atomic E-state index is 0. The maximum Gasteiger partial charge on any atom is 0.223 e. The van der Waals surface area contributed by atoms with E-state index in [4.69, 9.17) is 0 Å². The Hall–Kier alpha value is -1.13. The molecule has 2 N–H and O–H groups in total. The van der Waals surface area contributed by atoms with Gasteiger partial charge in [-0.3, -0.25) is 9.78 Å². The van der Waals surface area contributed by atoms with Crippen molar-refractivity contribution in [1.29, 1.82) is 0 Å². The molecule has 5 heteroatoms. The third-order valence-electron chi connectivity index (χ3n) is 3.17. The number of rotatable bonds is 4. The molecule has 0 spiro atoms. The van der Waals surface area contributed by atoms with E-state index in [1.807, 2.05) is 12.1 Å². The van der Waals surface area contributed by atoms with Gasteiger partial charge in [0, 0.05) is 24.9 Å². The van der Waals surface area contributed by atoms with Crippen LogP contribution in [0.5, 0.6) is 0 Å². The molecule has 0 saturated carbocycles. The van der Waals surface area contributed by atoms with Crippen LogP contribution in [0.25, 0.3) is 0 Å². The lowest BCUT2D eigenvalue weighted by Gasteiger charge is -2.21. The standard InChI is InChI=1S/C13H19N3O.ClH/c17-13(12-4-8-15-9-5-12)16-10-3-11-1-6-14-7-2-11;/h1-2,6-7,12,15H,3-5,8-10H2,(H,16,17);1H. The third kappa shape index (κ3) is 4.63. The Kier molecular flexibility index (Phi) is 6.68. The first-order valence-electron chi connectivity index (χ1n) is 6.23. The van der Waals surface area contributed by atoms with Gasteiger partial charge in [-0.1, -0.05) is 0 Å². The smallest absolute Gasteiger partial charge is 0.223 e. The minimum absolute atomic E-state index is 0. The van der Waals surface area contributed by atoms with Crippen molar-refractivity contribution >= 4 is 18.3 Å². The second-order valence-electron chi connectivity index (χ2n) is 4.42. The normalized spacial score (nSPS) is 15.8. The van der Waals surface area contributed by atoms with E-state index in [0.717, 1.165) is 32.4 Å². The van der Waals surface area contributed by atoms with Crippen LogP contribution >= 0.6 is 12.4 Å². The van der Waals surface area contributed by atoms with Crippen molar-refractivity contribution in [2.45, 2.75) is 19.3 Å². The van der Waals surface area contributed by atoms with Gasteiger partial charge in [0.2, 0.25) is 5.91 Å². The van der Waals surface area contributed by atoms with Gasteiger partial charge >= 0.3 is 0 Å². The number of hydrogen-bond acceptors (Lipinski definition) is 3. The van der Waals surface area contributed by atoms with Gasteiger partial charge in [0.05, 0.1) is 0 Å². The number of pyridine rings is 1. The van der Waals surface area contributed by atoms with Gasteiger partial charge < -0.3 is 10.6 Å². The highest BCUT2D eigenvalue weighted by molar-refractivity contribution is 5.85. The van der Waals surface area contributed by atoms with E-state index in [1.165, 1.54) is 5.56 Å². The van der Waals surface area contributed by atoms with E-state index in [2.05, 4.69) is 15.6 Å². The van der Waals surface area contributed by atoms with E-state index in [1.54, 1.807) is 12.4 Å². The average Bonchev–Trinajstić information content (AvgIpc) is 2.41. The molecule has 0 unspecified atom stereocenters. The molecule has 1 saturated heterocycles. The molecule has 1 aliphatic heterocycles. The zero-order chi connectivity index (χ0) is 11.9. The van der Waals surface area contributed by atoms with Crippen LogP contribution in [0.2, 0.25) is 0 Å². The summed E-state index contributed by atoms with van der Waals surface area (Å²) in [5, 5.41) is 6.28. The van der Waals surface area contributed by atoms with Crippen LogP contribution in [0.4, 0.5) is 0 Å². The van der Waals surface area contributed by atoms with Gasteiger partial charge in [-0.2, -0.15) is 0 Å². The molecule has 2 heterocycles. The first kappa shape index (κ1) is 14.9. The van der Waals surface area contributed by atoms with Crippen LogP contribution in [0.15, 0.2) is 24.5 Å². The maximum absolute atomic E-state index is 11.8. The summed E-state index contributed by atoms with van der Waals surface area (Å²) < 4.78 is 0. The number of nitrogens with zero attached hydrogens (tertiary/aromatic N) is 1. The first-order valence-corrected chi connectivity index (χ1v) is 6.23. The number of carbonyl (C=O) groups excluding carboxylic acids is 1. The van der Waals surface area contributed by atoms with E-state index in [0.29, 0.717) is 6.54 Å². The van der Waals surface area contributed by atoms with Gasteiger partial charge in [-0.15, -0.1) is 12.4 Å². The van der Waals surface area contributed by atoms with Crippen LogP contribution in [-0.2, 0) is 11.2 Å². The Morgan fingerprint density at radius 3 is 2.67 bits per heavy atom. The molecule has 1 aliphatic rings. The Morgan fingerprint density at radius 1 is 1.33 bits per heavy atom. The SMILES string of the molecule is Cl.O=C(NCCc1ccncc1)C1CCNCC1. The third-order valence-corrected chi connectivity index (χ3v) is 3.17. The van der Waals surface area contributed by atoms with Crippen molar-refractivity contribution in [2.24, 2.45) is 5.92 Å². The Bertz CT molecular complexity index is 353. The van der Waals surface area contributed by atoms with Crippen LogP contribution < -0.4 is 10.6 Å². The molecule has 4 nitrogen and oxygen atoms in total. The fraction of sp³-hybridized carbons (Fsp3) is 0.538. The number of carbonyl (C=O) groups is 1. The number of halogens is 1. The first-order chi connectivity index (χ1) is 8.36. The highest BCUT2D eigenvalue weighted by Gasteiger charge is 2.19. The second kappa shape index (κ2) is 8.06. The zero-order valence-electron chi connectivity index (χ0n) is 10.4. The lowest BCUT2D eigenvalue weighted by Crippen LogP contribution is -2.38. The highest BCUT2D eigenvalue weighted by atomic mass is 35.5. The Morgan fingerprint density at radius 2 is 2.00 bits per heavy atom. The summed E-state index contributed by atoms with van der Waals surface area (Å²) in [6.07, 6.45) is 6.36. The van der Waals surface area contributed by atoms with Gasteiger partial charge in [0.15, 0.2) is 0 Å². The number of hydrogen-bond donors (Lipinski definition) is 2. The number of nitrogens with one attached hydrogen (secondary N) is 2. The summed E-state index contributed by atoms with van der Waals surface area (Å²) in [5.41, 5.74) is 1.21. The van der Waals surface area contributed by atoms with E-state index < -0.39 is 0 Å². The molecule has 1 aromatic heterocycles. The summed E-state index contributed by atoms with van der Waals surface area (Å²) in [4.78, 5) is 15.8. The predicted molar refractivity (Wildman–Crippen MR) is 73.8 cm³/mol. The zero-order valence-corrected chi connectivity index (χ0v) is 11.2. The Balaban J connectivity index is 0.00000162. The lowest BCUT2D eigenvalue weighted by molar-refractivity contribution is -0.125. The van der Waals surface area contributed by atoms with Crippen molar-refractivity contribution in [1.82, 2.24) is 15.6 Å². The Labute approximate surface area is 114 Å². The van der Waals surface area contributed by atoms with Crippen LogP contribution in [0.3, 0.4) is 0 Å². The molecular formula is C13H20ClN3O. The fourth-order valence-electron chi connectivity index (χ4n) is 2.11. The molecule has 18 heavy (non-hydrogen) atoms. The van der Waals surface area contributed by atoms with Gasteiger partial charge in [0.25, 0.3) is 0 Å². The molecule has 1 amide bonds. The molecule has 1 aromatic rings. The van der Waals surface area contributed by atoms with Crippen molar-refractivity contribution in [3.63, 3.8) is 0 Å². The van der Waals surface area contributed by atoms with E-state index in [-0.39, 0.29) is 24.2 Å². The van der Waals surface area contributed by atoms with Gasteiger partial charge in [-0.05, 0) is 50.0 Å². The fourth-order valence-corrected chi connectivity index (χ4v) is 2.11. The molecule has 2 rings (SSSR count). The minimum Gasteiger partial charge on any atom is -0.356 e. The van der Waals surface area contributed by atoms with E-state index in [9.17, 15) is 4.79 Å². The lowest BCUT2D eigenvalue weighted by atomic mass is 9.97. The highest BCUT2D eigenvalue weighted by Crippen LogP contribution is 2.11. The maximum atomic E-state index is 11.8. The van der Waals surface area contributed by atoms with Crippen LogP contribution in [0.1, 0.15) is 18.4 Å². The average molecular weight is 270 g/mol. The molecular weight excluding hydrogens is 250 g/mol. The van der Waals surface area contributed by atoms with Gasteiger partial charge in [-0.25, -0.2) is 0 Å². The molecule has 0 radical (unpaired) electrons. The summed E-state index contributed by atoms with van der Waals surface area (Å²) in [7, 11) is 0. The van der Waals surface area contributed by atoms with Crippen LogP contribution in [0, 0.1) is 5.92 Å². The van der Waals surface area contributed by atoms with Crippen molar-refractivity contribution in [3.8, 4) is 0 Å². The molecule has 0 bridgehead atoms. The number of piperidine rings is 1. The molecule has 1 fully saturated rings. The molecule has 0 aliphatic carbocycles. The molecule has 0 atom stereocenters. The largest absolute Gasteiger partial charge is 0.356 e. The van der Waals surface area contributed by atoms with Crippen molar-refractivity contribution in [2.75, 3.05) is 19.6 Å². The number of amides is 1. The number of aromatic nitrogens is 1. The monoisotopic (exact) mass is 269 g/mol. The predicted octanol–water partition coefficient (Wildman–Crippen LogP) is 1.16. The topological polar surface area (TPSA) is 54.0 Å². The summed E-state index contributed by atoms with van der Waals surface area (Å²) in [6.45, 7) is 2.64. The van der Waals surface area contributed by atoms with Gasteiger partial charge in [0.1, 0.15) is 0 Å². The van der Waals surface area contributed by atoms with Crippen molar-refractivity contribution in [3.05, 3.63) is 30.1 Å². The van der Waals surface area contributed by atoms with E-state index >= 15 is 0 Å². The second-order valence-corrected chi connectivity index (χ2v) is 4.42. The van der Waals surface area contributed by atoms with Crippen LogP contribution in [-0.4, -0.2) is 30.5 Å². The van der Waals surface area contributed by atoms with Crippen molar-refractivity contribution < 1.29 is 4.79 Å².